The molecule has 4 heteroatoms. The maximum Gasteiger partial charge on any atom is 0.251 e. The van der Waals surface area contributed by atoms with Crippen molar-refractivity contribution in [1.82, 2.24) is 15.1 Å². The van der Waals surface area contributed by atoms with Gasteiger partial charge in [0.1, 0.15) is 0 Å². The molecule has 1 amide bonds. The van der Waals surface area contributed by atoms with Crippen LogP contribution in [0.5, 0.6) is 0 Å². The van der Waals surface area contributed by atoms with E-state index in [1.165, 1.54) is 0 Å². The van der Waals surface area contributed by atoms with Crippen LogP contribution in [0.4, 0.5) is 0 Å². The van der Waals surface area contributed by atoms with Crippen LogP contribution in [0.3, 0.4) is 0 Å². The van der Waals surface area contributed by atoms with E-state index in [0.717, 1.165) is 16.8 Å². The van der Waals surface area contributed by atoms with E-state index in [9.17, 15) is 4.79 Å². The van der Waals surface area contributed by atoms with Crippen LogP contribution < -0.4 is 5.32 Å². The number of carbonyl (C=O) groups is 1. The molecule has 0 saturated carbocycles. The van der Waals surface area contributed by atoms with Gasteiger partial charge in [0.05, 0.1) is 11.7 Å². The summed E-state index contributed by atoms with van der Waals surface area (Å²) in [6.45, 7) is 5.92. The van der Waals surface area contributed by atoms with Crippen LogP contribution in [0.25, 0.3) is 0 Å². The van der Waals surface area contributed by atoms with Gasteiger partial charge < -0.3 is 5.32 Å². The molecule has 0 bridgehead atoms. The first-order valence-corrected chi connectivity index (χ1v) is 6.35. The molecule has 0 saturated heterocycles. The van der Waals surface area contributed by atoms with Crippen molar-refractivity contribution >= 4 is 5.91 Å². The lowest BCUT2D eigenvalue weighted by Crippen LogP contribution is -2.26. The van der Waals surface area contributed by atoms with E-state index in [1.54, 1.807) is 4.68 Å². The van der Waals surface area contributed by atoms with Gasteiger partial charge in [-0.3, -0.25) is 9.48 Å². The molecule has 4 nitrogen and oxygen atoms in total. The van der Waals surface area contributed by atoms with Crippen LogP contribution in [0.2, 0.25) is 0 Å². The Balaban J connectivity index is 2.10. The largest absolute Gasteiger partial charge is 0.345 e. The number of carbonyl (C=O) groups excluding carboxylic acids is 1. The molecule has 0 spiro atoms. The number of amides is 1. The van der Waals surface area contributed by atoms with Gasteiger partial charge in [0, 0.05) is 24.4 Å². The third-order valence-electron chi connectivity index (χ3n) is 3.18. The fourth-order valence-electron chi connectivity index (χ4n) is 2.11. The molecule has 0 aliphatic heterocycles. The first-order valence-electron chi connectivity index (χ1n) is 6.35. The Morgan fingerprint density at radius 2 is 1.89 bits per heavy atom. The summed E-state index contributed by atoms with van der Waals surface area (Å²) in [4.78, 5) is 12.1. The molecule has 0 fully saturated rings. The van der Waals surface area contributed by atoms with Crippen molar-refractivity contribution in [1.29, 1.82) is 0 Å². The molecule has 19 heavy (non-hydrogen) atoms. The number of nitrogens with one attached hydrogen (secondary N) is 1. The number of nitrogens with zero attached hydrogens (tertiary/aromatic N) is 2. The second kappa shape index (κ2) is 5.26. The highest BCUT2D eigenvalue weighted by Crippen LogP contribution is 2.16. The predicted octanol–water partition coefficient (Wildman–Crippen LogP) is 2.53. The zero-order chi connectivity index (χ0) is 14.0. The fourth-order valence-corrected chi connectivity index (χ4v) is 2.11. The predicted molar refractivity (Wildman–Crippen MR) is 75.0 cm³/mol. The average Bonchev–Trinajstić information content (AvgIpc) is 2.69. The van der Waals surface area contributed by atoms with Crippen LogP contribution in [0, 0.1) is 13.8 Å². The van der Waals surface area contributed by atoms with Gasteiger partial charge >= 0.3 is 0 Å². The molecule has 0 radical (unpaired) electrons. The van der Waals surface area contributed by atoms with Gasteiger partial charge in [0.2, 0.25) is 0 Å². The van der Waals surface area contributed by atoms with Crippen LogP contribution in [0.15, 0.2) is 30.5 Å². The van der Waals surface area contributed by atoms with Gasteiger partial charge in [0.25, 0.3) is 5.91 Å². The first kappa shape index (κ1) is 13.3. The molecule has 1 aromatic carbocycles. The summed E-state index contributed by atoms with van der Waals surface area (Å²) in [5.41, 5.74) is 3.81. The van der Waals surface area contributed by atoms with Crippen molar-refractivity contribution in [3.63, 3.8) is 0 Å². The van der Waals surface area contributed by atoms with E-state index in [2.05, 4.69) is 10.4 Å². The van der Waals surface area contributed by atoms with E-state index in [1.807, 2.05) is 58.3 Å². The van der Waals surface area contributed by atoms with Crippen molar-refractivity contribution < 1.29 is 4.79 Å². The molecule has 1 aromatic heterocycles. The molecule has 0 aliphatic carbocycles. The minimum Gasteiger partial charge on any atom is -0.345 e. The fraction of sp³-hybridized carbons (Fsp3) is 0.333. The number of hydrogen-bond donors (Lipinski definition) is 1. The van der Waals surface area contributed by atoms with Gasteiger partial charge in [0.15, 0.2) is 0 Å². The van der Waals surface area contributed by atoms with Crippen molar-refractivity contribution in [2.24, 2.45) is 7.05 Å². The summed E-state index contributed by atoms with van der Waals surface area (Å²) in [5.74, 6) is -0.0595. The minimum atomic E-state index is -0.0595. The van der Waals surface area contributed by atoms with E-state index in [-0.39, 0.29) is 11.9 Å². The zero-order valence-corrected chi connectivity index (χ0v) is 11.8. The van der Waals surface area contributed by atoms with Gasteiger partial charge in [-0.1, -0.05) is 17.7 Å². The minimum absolute atomic E-state index is 0.0532. The van der Waals surface area contributed by atoms with Crippen molar-refractivity contribution in [2.45, 2.75) is 26.8 Å². The Kier molecular flexibility index (Phi) is 3.69. The second-order valence-corrected chi connectivity index (χ2v) is 4.90. The molecular weight excluding hydrogens is 238 g/mol. The Morgan fingerprint density at radius 1 is 1.26 bits per heavy atom. The van der Waals surface area contributed by atoms with E-state index in [0.29, 0.717) is 5.56 Å². The van der Waals surface area contributed by atoms with Crippen LogP contribution >= 0.6 is 0 Å². The maximum atomic E-state index is 12.1. The Hall–Kier alpha value is -2.10. The van der Waals surface area contributed by atoms with Gasteiger partial charge in [-0.05, 0) is 32.9 Å². The molecule has 2 rings (SSSR count). The van der Waals surface area contributed by atoms with Gasteiger partial charge in [-0.2, -0.15) is 5.10 Å². The maximum absolute atomic E-state index is 12.1. The van der Waals surface area contributed by atoms with E-state index in [4.69, 9.17) is 0 Å². The summed E-state index contributed by atoms with van der Waals surface area (Å²) in [7, 11) is 1.88. The first-order chi connectivity index (χ1) is 8.97. The molecule has 2 aromatic rings. The number of hydrogen-bond acceptors (Lipinski definition) is 2. The molecular formula is C15H19N3O. The lowest BCUT2D eigenvalue weighted by atomic mass is 10.1. The Bertz CT molecular complexity index is 584. The number of aryl methyl sites for hydroxylation is 3. The Labute approximate surface area is 113 Å². The van der Waals surface area contributed by atoms with Gasteiger partial charge in [-0.25, -0.2) is 0 Å². The zero-order valence-electron chi connectivity index (χ0n) is 11.8. The highest BCUT2D eigenvalue weighted by atomic mass is 16.1. The molecule has 0 aliphatic rings. The molecule has 1 atom stereocenters. The number of rotatable bonds is 3. The number of benzene rings is 1. The summed E-state index contributed by atoms with van der Waals surface area (Å²) in [6.07, 6.45) is 1.94. The van der Waals surface area contributed by atoms with Crippen molar-refractivity contribution in [2.75, 3.05) is 0 Å². The summed E-state index contributed by atoms with van der Waals surface area (Å²) in [6, 6.07) is 7.51. The highest BCUT2D eigenvalue weighted by molar-refractivity contribution is 5.94. The number of aromatic nitrogens is 2. The normalized spacial score (nSPS) is 12.2. The molecule has 1 N–H and O–H groups in total. The lowest BCUT2D eigenvalue weighted by molar-refractivity contribution is 0.0940. The van der Waals surface area contributed by atoms with E-state index >= 15 is 0 Å². The summed E-state index contributed by atoms with van der Waals surface area (Å²) >= 11 is 0. The van der Waals surface area contributed by atoms with Crippen molar-refractivity contribution in [3.05, 3.63) is 52.8 Å². The van der Waals surface area contributed by atoms with Crippen molar-refractivity contribution in [3.8, 4) is 0 Å². The third-order valence-corrected chi connectivity index (χ3v) is 3.18. The third kappa shape index (κ3) is 3.02. The van der Waals surface area contributed by atoms with Crippen LogP contribution in [0.1, 0.15) is 40.1 Å². The lowest BCUT2D eigenvalue weighted by Gasteiger charge is -2.13. The quantitative estimate of drug-likeness (QED) is 0.918. The summed E-state index contributed by atoms with van der Waals surface area (Å²) < 4.78 is 1.76. The Morgan fingerprint density at radius 3 is 2.42 bits per heavy atom. The van der Waals surface area contributed by atoms with E-state index < -0.39 is 0 Å². The second-order valence-electron chi connectivity index (χ2n) is 4.90. The SMILES string of the molecule is Cc1ccc(C(=O)NC(C)c2cn(C)nc2C)cc1. The topological polar surface area (TPSA) is 46.9 Å². The van der Waals surface area contributed by atoms with Crippen LogP contribution in [-0.2, 0) is 7.05 Å². The molecule has 1 heterocycles. The smallest absolute Gasteiger partial charge is 0.251 e. The monoisotopic (exact) mass is 257 g/mol. The highest BCUT2D eigenvalue weighted by Gasteiger charge is 2.15. The molecule has 100 valence electrons. The average molecular weight is 257 g/mol. The van der Waals surface area contributed by atoms with Gasteiger partial charge in [-0.15, -0.1) is 0 Å². The van der Waals surface area contributed by atoms with Crippen LogP contribution in [-0.4, -0.2) is 15.7 Å². The summed E-state index contributed by atoms with van der Waals surface area (Å²) in [5, 5.41) is 7.28. The standard InChI is InChI=1S/C15H19N3O/c1-10-5-7-13(8-6-10)15(19)16-11(2)14-9-18(4)17-12(14)3/h5-9,11H,1-4H3,(H,16,19). The molecule has 1 unspecified atom stereocenters.